The molecular weight excluding hydrogens is 226 g/mol. The maximum Gasteiger partial charge on any atom is 0.178 e. The zero-order chi connectivity index (χ0) is 12.2. The van der Waals surface area contributed by atoms with Gasteiger partial charge in [0, 0.05) is 5.56 Å². The quantitative estimate of drug-likeness (QED) is 0.777. The molecule has 1 aromatic carbocycles. The van der Waals surface area contributed by atoms with E-state index < -0.39 is 9.84 Å². The van der Waals surface area contributed by atoms with Gasteiger partial charge in [0.2, 0.25) is 0 Å². The van der Waals surface area contributed by atoms with Crippen LogP contribution in [0.5, 0.6) is 0 Å². The van der Waals surface area contributed by atoms with E-state index >= 15 is 0 Å². The zero-order valence-corrected chi connectivity index (χ0v) is 10.2. The summed E-state index contributed by atoms with van der Waals surface area (Å²) in [5.41, 5.74) is 0.518. The molecule has 1 rings (SSSR count). The van der Waals surface area contributed by atoms with Crippen molar-refractivity contribution in [1.82, 2.24) is 5.32 Å². The molecule has 16 heavy (non-hydrogen) atoms. The maximum atomic E-state index is 11.5. The Balaban J connectivity index is 2.96. The van der Waals surface area contributed by atoms with Gasteiger partial charge in [0.15, 0.2) is 15.6 Å². The van der Waals surface area contributed by atoms with Crippen molar-refractivity contribution in [3.8, 4) is 0 Å². The highest BCUT2D eigenvalue weighted by molar-refractivity contribution is 7.91. The first-order valence-electron chi connectivity index (χ1n) is 5.02. The fraction of sp³-hybridized carbons (Fsp3) is 0.364. The number of nitrogens with one attached hydrogen (secondary N) is 1. The molecule has 0 aliphatic carbocycles. The van der Waals surface area contributed by atoms with E-state index in [1.807, 2.05) is 0 Å². The van der Waals surface area contributed by atoms with Gasteiger partial charge in [0.05, 0.1) is 17.2 Å². The Morgan fingerprint density at radius 1 is 1.25 bits per heavy atom. The van der Waals surface area contributed by atoms with Gasteiger partial charge >= 0.3 is 0 Å². The number of likely N-dealkylation sites (N-methyl/N-ethyl adjacent to an activating group) is 1. The van der Waals surface area contributed by atoms with Crippen LogP contribution in [0.1, 0.15) is 17.3 Å². The highest BCUT2D eigenvalue weighted by Gasteiger charge is 2.12. The van der Waals surface area contributed by atoms with Gasteiger partial charge in [-0.15, -0.1) is 0 Å². The fourth-order valence-corrected chi connectivity index (χ4v) is 2.16. The minimum atomic E-state index is -3.18. The van der Waals surface area contributed by atoms with Crippen molar-refractivity contribution in [1.29, 1.82) is 0 Å². The van der Waals surface area contributed by atoms with Crippen LogP contribution in [0, 0.1) is 0 Å². The average molecular weight is 241 g/mol. The molecule has 1 aromatic rings. The predicted octanol–water partition coefficient (Wildman–Crippen LogP) is 0.882. The number of hydrogen-bond acceptors (Lipinski definition) is 4. The molecule has 0 unspecified atom stereocenters. The fourth-order valence-electron chi connectivity index (χ4n) is 1.28. The van der Waals surface area contributed by atoms with Crippen molar-refractivity contribution < 1.29 is 13.2 Å². The molecular formula is C11H15NO3S. The Labute approximate surface area is 95.6 Å². The van der Waals surface area contributed by atoms with Crippen LogP contribution in [-0.2, 0) is 9.84 Å². The summed E-state index contributed by atoms with van der Waals surface area (Å²) in [5, 5.41) is 2.75. The molecule has 0 atom stereocenters. The van der Waals surface area contributed by atoms with Gasteiger partial charge in [-0.25, -0.2) is 8.42 Å². The molecule has 0 radical (unpaired) electrons. The lowest BCUT2D eigenvalue weighted by molar-refractivity contribution is 0.0993. The van der Waals surface area contributed by atoms with E-state index in [1.54, 1.807) is 26.1 Å². The largest absolute Gasteiger partial charge is 0.313 e. The van der Waals surface area contributed by atoms with Crippen LogP contribution in [0.15, 0.2) is 29.2 Å². The van der Waals surface area contributed by atoms with Crippen molar-refractivity contribution >= 4 is 15.6 Å². The molecule has 88 valence electrons. The Bertz CT molecular complexity index is 463. The second-order valence-corrected chi connectivity index (χ2v) is 5.66. The monoisotopic (exact) mass is 241 g/mol. The number of benzene rings is 1. The average Bonchev–Trinajstić information content (AvgIpc) is 2.29. The van der Waals surface area contributed by atoms with E-state index in [1.165, 1.54) is 12.1 Å². The van der Waals surface area contributed by atoms with Gasteiger partial charge in [-0.1, -0.05) is 19.1 Å². The summed E-state index contributed by atoms with van der Waals surface area (Å²) in [6.45, 7) is 1.84. The summed E-state index contributed by atoms with van der Waals surface area (Å²) in [6.07, 6.45) is 0. The van der Waals surface area contributed by atoms with Crippen LogP contribution in [0.25, 0.3) is 0 Å². The van der Waals surface area contributed by atoms with Crippen molar-refractivity contribution in [3.63, 3.8) is 0 Å². The van der Waals surface area contributed by atoms with E-state index in [0.717, 1.165) is 0 Å². The number of Topliss-reactive ketones (excluding diaryl/α,β-unsaturated/α-hetero) is 1. The van der Waals surface area contributed by atoms with Gasteiger partial charge in [-0.2, -0.15) is 0 Å². The lowest BCUT2D eigenvalue weighted by atomic mass is 10.1. The number of carbonyl (C=O) groups is 1. The molecule has 0 aliphatic rings. The number of rotatable bonds is 5. The van der Waals surface area contributed by atoms with Crippen LogP contribution in [0.3, 0.4) is 0 Å². The molecule has 0 saturated heterocycles. The molecule has 0 aliphatic heterocycles. The number of carbonyl (C=O) groups excluding carboxylic acids is 1. The summed E-state index contributed by atoms with van der Waals surface area (Å²) in [4.78, 5) is 11.7. The lowest BCUT2D eigenvalue weighted by Crippen LogP contribution is -2.18. The molecule has 0 bridgehead atoms. The highest BCUT2D eigenvalue weighted by atomic mass is 32.2. The summed E-state index contributed by atoms with van der Waals surface area (Å²) < 4.78 is 23.0. The van der Waals surface area contributed by atoms with E-state index in [4.69, 9.17) is 0 Å². The molecule has 0 aromatic heterocycles. The minimum Gasteiger partial charge on any atom is -0.313 e. The van der Waals surface area contributed by atoms with Crippen LogP contribution in [-0.4, -0.2) is 33.5 Å². The van der Waals surface area contributed by atoms with Crippen LogP contribution in [0.4, 0.5) is 0 Å². The van der Waals surface area contributed by atoms with E-state index in [9.17, 15) is 13.2 Å². The lowest BCUT2D eigenvalue weighted by Gasteiger charge is -2.03. The van der Waals surface area contributed by atoms with E-state index in [0.29, 0.717) is 5.56 Å². The topological polar surface area (TPSA) is 63.2 Å². The molecule has 4 nitrogen and oxygen atoms in total. The Hall–Kier alpha value is -1.20. The van der Waals surface area contributed by atoms with Crippen molar-refractivity contribution in [2.45, 2.75) is 11.8 Å². The van der Waals surface area contributed by atoms with Crippen molar-refractivity contribution in [2.24, 2.45) is 0 Å². The predicted molar refractivity (Wildman–Crippen MR) is 62.4 cm³/mol. The van der Waals surface area contributed by atoms with Crippen molar-refractivity contribution in [3.05, 3.63) is 29.8 Å². The summed E-state index contributed by atoms with van der Waals surface area (Å²) in [6, 6.07) is 6.04. The molecule has 5 heteroatoms. The first kappa shape index (κ1) is 12.9. The van der Waals surface area contributed by atoms with Crippen LogP contribution in [0.2, 0.25) is 0 Å². The second-order valence-electron chi connectivity index (χ2n) is 3.38. The molecule has 1 N–H and O–H groups in total. The minimum absolute atomic E-state index is 0.0528. The highest BCUT2D eigenvalue weighted by Crippen LogP contribution is 2.12. The van der Waals surface area contributed by atoms with E-state index in [-0.39, 0.29) is 23.0 Å². The third-order valence-electron chi connectivity index (χ3n) is 2.25. The molecule has 0 spiro atoms. The number of ketones is 1. The Morgan fingerprint density at radius 2 is 1.81 bits per heavy atom. The third kappa shape index (κ3) is 2.90. The SMILES string of the molecule is CCS(=O)(=O)c1ccc(C(=O)CNC)cc1. The molecule has 0 fully saturated rings. The standard InChI is InChI=1S/C11H15NO3S/c1-3-16(14,15)10-6-4-9(5-7-10)11(13)8-12-2/h4-7,12H,3,8H2,1-2H3. The van der Waals surface area contributed by atoms with Gasteiger partial charge in [0.1, 0.15) is 0 Å². The second kappa shape index (κ2) is 5.23. The molecule has 0 saturated carbocycles. The normalized spacial score (nSPS) is 11.4. The molecule has 0 amide bonds. The smallest absolute Gasteiger partial charge is 0.178 e. The summed E-state index contributed by atoms with van der Waals surface area (Å²) in [5.74, 6) is 0.0135. The summed E-state index contributed by atoms with van der Waals surface area (Å²) in [7, 11) is -1.49. The third-order valence-corrected chi connectivity index (χ3v) is 4.00. The maximum absolute atomic E-state index is 11.5. The van der Waals surface area contributed by atoms with Gasteiger partial charge in [-0.05, 0) is 19.2 Å². The van der Waals surface area contributed by atoms with Gasteiger partial charge in [-0.3, -0.25) is 4.79 Å². The first-order chi connectivity index (χ1) is 7.51. The van der Waals surface area contributed by atoms with Crippen LogP contribution < -0.4 is 5.32 Å². The Morgan fingerprint density at radius 3 is 2.25 bits per heavy atom. The molecule has 0 heterocycles. The summed E-state index contributed by atoms with van der Waals surface area (Å²) >= 11 is 0. The first-order valence-corrected chi connectivity index (χ1v) is 6.67. The Kier molecular flexibility index (Phi) is 4.20. The van der Waals surface area contributed by atoms with Crippen molar-refractivity contribution in [2.75, 3.05) is 19.3 Å². The van der Waals surface area contributed by atoms with Gasteiger partial charge < -0.3 is 5.32 Å². The number of sulfone groups is 1. The van der Waals surface area contributed by atoms with E-state index in [2.05, 4.69) is 5.32 Å². The zero-order valence-electron chi connectivity index (χ0n) is 9.36. The van der Waals surface area contributed by atoms with Gasteiger partial charge in [0.25, 0.3) is 0 Å². The number of hydrogen-bond donors (Lipinski definition) is 1. The van der Waals surface area contributed by atoms with Crippen LogP contribution >= 0.6 is 0 Å².